The van der Waals surface area contributed by atoms with Crippen molar-refractivity contribution in [3.05, 3.63) is 189 Å². The third-order valence-electron chi connectivity index (χ3n) is 13.3. The summed E-state index contributed by atoms with van der Waals surface area (Å²) in [5.74, 6) is 3.18. The SMILES string of the molecule is Cc1ccc(-c2ccc(CC(C)C)c[n+]2C)c(C)c1.Cc1ccccc1-c1n(-c2c(C(C)C)cc(C(C)C)cc2C(C)C)c2ccccc2[n+]1C.[2H]C([2H])([2H])c1ccc(-c2ccc(C([2H])([2H])C(C)C)c[n+]2C)c(C)c1. The van der Waals surface area contributed by atoms with Gasteiger partial charge in [0.05, 0.1) is 12.6 Å². The quantitative estimate of drug-likeness (QED) is 0.115. The number of fused-ring (bicyclic) bond motifs is 1. The van der Waals surface area contributed by atoms with Gasteiger partial charge in [0.1, 0.15) is 19.8 Å². The first kappa shape index (κ1) is 46.3. The van der Waals surface area contributed by atoms with Crippen LogP contribution in [0.3, 0.4) is 0 Å². The molecule has 0 amide bonds. The first-order valence-electron chi connectivity index (χ1n) is 28.0. The van der Waals surface area contributed by atoms with Crippen LogP contribution < -0.4 is 13.7 Å². The van der Waals surface area contributed by atoms with Crippen LogP contribution in [0.25, 0.3) is 50.6 Å². The van der Waals surface area contributed by atoms with E-state index in [0.29, 0.717) is 34.8 Å². The molecule has 0 radical (unpaired) electrons. The number of benzene rings is 5. The van der Waals surface area contributed by atoms with Crippen LogP contribution in [0.1, 0.15) is 149 Å². The molecule has 0 atom stereocenters. The zero-order valence-corrected chi connectivity index (χ0v) is 45.6. The Morgan fingerprint density at radius 2 is 1.04 bits per heavy atom. The summed E-state index contributed by atoms with van der Waals surface area (Å²) in [5.41, 5.74) is 21.1. The zero-order chi connectivity index (χ0) is 55.4. The maximum atomic E-state index is 8.22. The van der Waals surface area contributed by atoms with Crippen LogP contribution in [-0.4, -0.2) is 4.57 Å². The van der Waals surface area contributed by atoms with Gasteiger partial charge in [-0.05, 0) is 142 Å². The van der Waals surface area contributed by atoms with Crippen LogP contribution in [0.5, 0.6) is 0 Å². The Morgan fingerprint density at radius 3 is 1.56 bits per heavy atom. The molecule has 70 heavy (non-hydrogen) atoms. The topological polar surface area (TPSA) is 16.6 Å². The first-order valence-corrected chi connectivity index (χ1v) is 25.5. The Morgan fingerprint density at radius 1 is 0.514 bits per heavy atom. The Hall–Kier alpha value is -6.13. The van der Waals surface area contributed by atoms with E-state index in [9.17, 15) is 0 Å². The molecule has 0 unspecified atom stereocenters. The molecule has 8 rings (SSSR count). The second kappa shape index (κ2) is 23.2. The largest absolute Gasteiger partial charge is 0.295 e. The minimum atomic E-state index is -2.11. The lowest BCUT2D eigenvalue weighted by atomic mass is 9.87. The van der Waals surface area contributed by atoms with Crippen LogP contribution in [0, 0.1) is 46.4 Å². The van der Waals surface area contributed by atoms with Crippen LogP contribution in [0.15, 0.2) is 134 Å². The molecule has 5 aromatic carbocycles. The van der Waals surface area contributed by atoms with Gasteiger partial charge in [0.15, 0.2) is 23.4 Å². The molecule has 4 heteroatoms. The molecule has 0 N–H and O–H groups in total. The van der Waals surface area contributed by atoms with Gasteiger partial charge in [0, 0.05) is 52.4 Å². The van der Waals surface area contributed by atoms with Gasteiger partial charge in [0.2, 0.25) is 11.4 Å². The molecule has 0 spiro atoms. The highest BCUT2D eigenvalue weighted by molar-refractivity contribution is 5.81. The van der Waals surface area contributed by atoms with Crippen molar-refractivity contribution < 1.29 is 20.6 Å². The fourth-order valence-electron chi connectivity index (χ4n) is 9.74. The highest BCUT2D eigenvalue weighted by Crippen LogP contribution is 2.39. The van der Waals surface area contributed by atoms with Gasteiger partial charge in [-0.2, -0.15) is 4.57 Å². The van der Waals surface area contributed by atoms with E-state index >= 15 is 0 Å². The van der Waals surface area contributed by atoms with Gasteiger partial charge >= 0.3 is 0 Å². The van der Waals surface area contributed by atoms with Crippen molar-refractivity contribution in [3.8, 4) is 39.6 Å². The summed E-state index contributed by atoms with van der Waals surface area (Å²) in [7, 11) is 6.22. The zero-order valence-electron chi connectivity index (χ0n) is 50.6. The lowest BCUT2D eigenvalue weighted by Gasteiger charge is -2.21. The average Bonchev–Trinajstić information content (AvgIpc) is 3.62. The van der Waals surface area contributed by atoms with Crippen LogP contribution in [0.4, 0.5) is 0 Å². The Balaban J connectivity index is 0.000000190. The second-order valence-electron chi connectivity index (χ2n) is 21.2. The number of para-hydroxylation sites is 2. The fraction of sp³-hybridized carbons (Fsp3) is 0.379. The van der Waals surface area contributed by atoms with Crippen molar-refractivity contribution in [1.29, 1.82) is 0 Å². The summed E-state index contributed by atoms with van der Waals surface area (Å²) >= 11 is 0. The number of imidazole rings is 1. The minimum absolute atomic E-state index is 0.122. The highest BCUT2D eigenvalue weighted by Gasteiger charge is 2.32. The molecule has 0 aliphatic carbocycles. The number of hydrogen-bond donors (Lipinski definition) is 0. The fourth-order valence-corrected chi connectivity index (χ4v) is 9.74. The average molecular weight is 939 g/mol. The number of hydrogen-bond acceptors (Lipinski definition) is 0. The number of rotatable bonds is 11. The molecule has 4 nitrogen and oxygen atoms in total. The summed E-state index contributed by atoms with van der Waals surface area (Å²) in [4.78, 5) is 0. The molecule has 366 valence electrons. The van der Waals surface area contributed by atoms with Gasteiger partial charge in [-0.25, -0.2) is 13.7 Å². The monoisotopic (exact) mass is 939 g/mol. The van der Waals surface area contributed by atoms with Crippen molar-refractivity contribution in [1.82, 2.24) is 4.57 Å². The van der Waals surface area contributed by atoms with Crippen molar-refractivity contribution in [3.63, 3.8) is 0 Å². The normalized spacial score (nSPS) is 12.9. The van der Waals surface area contributed by atoms with E-state index in [0.717, 1.165) is 23.2 Å². The molecular formula is C66H85N4+3. The third-order valence-corrected chi connectivity index (χ3v) is 13.3. The lowest BCUT2D eigenvalue weighted by Crippen LogP contribution is -2.31. The van der Waals surface area contributed by atoms with Crippen LogP contribution in [0.2, 0.25) is 0 Å². The lowest BCUT2D eigenvalue weighted by molar-refractivity contribution is -0.661. The van der Waals surface area contributed by atoms with E-state index in [4.69, 9.17) is 6.85 Å². The van der Waals surface area contributed by atoms with Crippen molar-refractivity contribution in [2.75, 3.05) is 0 Å². The smallest absolute Gasteiger partial charge is 0.225 e. The predicted molar refractivity (Wildman–Crippen MR) is 299 cm³/mol. The van der Waals surface area contributed by atoms with Gasteiger partial charge in [-0.1, -0.05) is 147 Å². The van der Waals surface area contributed by atoms with Gasteiger partial charge in [-0.3, -0.25) is 0 Å². The molecule has 0 saturated heterocycles. The number of pyridine rings is 2. The van der Waals surface area contributed by atoms with E-state index in [2.05, 4.69) is 201 Å². The molecule has 0 saturated carbocycles. The molecule has 0 bridgehead atoms. The van der Waals surface area contributed by atoms with E-state index in [1.807, 2.05) is 56.8 Å². The first-order chi connectivity index (χ1) is 35.1. The van der Waals surface area contributed by atoms with E-state index < -0.39 is 13.2 Å². The minimum Gasteiger partial charge on any atom is -0.225 e. The molecule has 3 aromatic heterocycles. The molecular weight excluding hydrogens is 849 g/mol. The molecule has 3 heterocycles. The maximum absolute atomic E-state index is 8.22. The predicted octanol–water partition coefficient (Wildman–Crippen LogP) is 15.8. The Labute approximate surface area is 430 Å². The van der Waals surface area contributed by atoms with Crippen LogP contribution >= 0.6 is 0 Å². The summed E-state index contributed by atoms with van der Waals surface area (Å²) in [6.07, 6.45) is 3.82. The maximum Gasteiger partial charge on any atom is 0.295 e. The summed E-state index contributed by atoms with van der Waals surface area (Å²) in [6, 6.07) is 42.5. The van der Waals surface area contributed by atoms with Crippen LogP contribution in [-0.2, 0) is 33.9 Å². The van der Waals surface area contributed by atoms with E-state index in [1.54, 1.807) is 12.1 Å². The van der Waals surface area contributed by atoms with Gasteiger partial charge in [-0.15, -0.1) is 0 Å². The standard InChI is InChI=1S/C30H37N2.2C18H24N/c1-19(2)23-17-25(20(3)4)29(26(18-23)21(5)6)32-28-16-12-11-15-27(28)31(8)30(32)24-14-10-9-13-22(24)7;2*1-13(2)10-16-7-9-18(19(5)12-16)17-8-6-14(3)11-15(17)4/h9-21H,1-8H3;2*6-9,11-13H,10H2,1-5H3/q3*+1/i;3D3,10D2;. The van der Waals surface area contributed by atoms with E-state index in [-0.39, 0.29) is 5.92 Å². The highest BCUT2D eigenvalue weighted by atomic mass is 15.2. The van der Waals surface area contributed by atoms with Gasteiger partial charge < -0.3 is 0 Å². The Kier molecular flexibility index (Phi) is 15.3. The van der Waals surface area contributed by atoms with Gasteiger partial charge in [0.25, 0.3) is 5.82 Å². The Bertz CT molecular complexity index is 3250. The summed E-state index contributed by atoms with van der Waals surface area (Å²) in [6.45, 7) is 28.5. The van der Waals surface area contributed by atoms with Crippen molar-refractivity contribution >= 4 is 11.0 Å². The van der Waals surface area contributed by atoms with Crippen molar-refractivity contribution in [2.24, 2.45) is 33.0 Å². The molecule has 8 aromatic rings. The second-order valence-corrected chi connectivity index (χ2v) is 21.2. The number of aromatic nitrogens is 4. The van der Waals surface area contributed by atoms with Crippen molar-refractivity contribution in [2.45, 2.75) is 134 Å². The summed E-state index contributed by atoms with van der Waals surface area (Å²) < 4.78 is 48.0. The molecule has 0 aliphatic heterocycles. The third kappa shape index (κ3) is 12.4. The number of aryl methyl sites for hydroxylation is 8. The number of nitrogens with zero attached hydrogens (tertiary/aromatic N) is 4. The van der Waals surface area contributed by atoms with E-state index in [1.165, 1.54) is 78.3 Å². The molecule has 0 fully saturated rings. The molecule has 0 aliphatic rings. The summed E-state index contributed by atoms with van der Waals surface area (Å²) in [5, 5.41) is 0.